The normalized spacial score (nSPS) is 26.9. The fourth-order valence-electron chi connectivity index (χ4n) is 4.84. The third kappa shape index (κ3) is 4.69. The number of halogens is 4. The van der Waals surface area contributed by atoms with Crippen molar-refractivity contribution in [2.75, 3.05) is 18.8 Å². The first-order valence-corrected chi connectivity index (χ1v) is 11.0. The lowest BCUT2D eigenvalue weighted by Crippen LogP contribution is -2.37. The predicted octanol–water partition coefficient (Wildman–Crippen LogP) is 4.73. The van der Waals surface area contributed by atoms with Gasteiger partial charge in [0.25, 0.3) is 0 Å². The van der Waals surface area contributed by atoms with Crippen LogP contribution in [0.15, 0.2) is 18.3 Å². The average Bonchev–Trinajstić information content (AvgIpc) is 3.34. The van der Waals surface area contributed by atoms with E-state index in [1.165, 1.54) is 12.3 Å². The summed E-state index contributed by atoms with van der Waals surface area (Å²) >= 11 is 0. The minimum absolute atomic E-state index is 0.105. The van der Waals surface area contributed by atoms with E-state index in [2.05, 4.69) is 9.72 Å². The van der Waals surface area contributed by atoms with Crippen LogP contribution in [0.4, 0.5) is 23.4 Å². The van der Waals surface area contributed by atoms with Gasteiger partial charge in [-0.2, -0.15) is 13.9 Å². The summed E-state index contributed by atoms with van der Waals surface area (Å²) in [6.45, 7) is 1.43. The molecular formula is C22H29F4N5O. The molecule has 0 spiro atoms. The van der Waals surface area contributed by atoms with Gasteiger partial charge < -0.3 is 10.5 Å². The van der Waals surface area contributed by atoms with Crippen molar-refractivity contribution in [2.45, 2.75) is 76.5 Å². The maximum atomic E-state index is 13.6. The van der Waals surface area contributed by atoms with E-state index in [0.29, 0.717) is 11.3 Å². The molecule has 2 aromatic heterocycles. The third-order valence-electron chi connectivity index (χ3n) is 6.49. The molecule has 0 bridgehead atoms. The molecule has 0 amide bonds. The standard InChI is InChI=1S/C22H29F4N5O/c1-12(2)31-19(13-3-5-15(6-4-13)30-10-16(23)17(24)11-30)8-18(29-31)14-7-20(32-22(25)26)21(27)28-9-14/h7-9,12-13,15-17,22H,3-6,10-11H2,1-2H3,(H2,27,28)/t13?,15?,16-,17+. The number of alkyl halides is 4. The second-order valence-electron chi connectivity index (χ2n) is 8.97. The van der Waals surface area contributed by atoms with Gasteiger partial charge in [-0.15, -0.1) is 0 Å². The second kappa shape index (κ2) is 9.25. The Morgan fingerprint density at radius 1 is 1.06 bits per heavy atom. The Morgan fingerprint density at radius 3 is 2.31 bits per heavy atom. The molecule has 1 aliphatic heterocycles. The molecular weight excluding hydrogens is 426 g/mol. The monoisotopic (exact) mass is 455 g/mol. The van der Waals surface area contributed by atoms with Crippen molar-refractivity contribution in [1.29, 1.82) is 0 Å². The molecule has 2 fully saturated rings. The summed E-state index contributed by atoms with van der Waals surface area (Å²) < 4.78 is 59.0. The SMILES string of the molecule is CC(C)n1nc(-c2cnc(N)c(OC(F)F)c2)cc1C1CCC(N2C[C@@H](F)[C@@H](F)C2)CC1. The van der Waals surface area contributed by atoms with Crippen LogP contribution in [0.1, 0.15) is 57.2 Å². The number of hydrogen-bond acceptors (Lipinski definition) is 5. The number of likely N-dealkylation sites (tertiary alicyclic amines) is 1. The molecule has 32 heavy (non-hydrogen) atoms. The van der Waals surface area contributed by atoms with Crippen LogP contribution in [0.25, 0.3) is 11.3 Å². The summed E-state index contributed by atoms with van der Waals surface area (Å²) in [5.74, 6) is -0.0242. The molecule has 4 rings (SSSR count). The molecule has 3 heterocycles. The molecule has 2 N–H and O–H groups in total. The van der Waals surface area contributed by atoms with Crippen molar-refractivity contribution in [3.05, 3.63) is 24.0 Å². The minimum Gasteiger partial charge on any atom is -0.431 e. The quantitative estimate of drug-likeness (QED) is 0.638. The van der Waals surface area contributed by atoms with Gasteiger partial charge in [-0.1, -0.05) is 0 Å². The van der Waals surface area contributed by atoms with Crippen molar-refractivity contribution in [1.82, 2.24) is 19.7 Å². The number of hydrogen-bond donors (Lipinski definition) is 1. The number of nitrogen functional groups attached to an aromatic ring is 1. The van der Waals surface area contributed by atoms with E-state index in [1.807, 2.05) is 29.5 Å². The van der Waals surface area contributed by atoms with Gasteiger partial charge in [0.05, 0.1) is 5.69 Å². The highest BCUT2D eigenvalue weighted by atomic mass is 19.3. The highest BCUT2D eigenvalue weighted by molar-refractivity contribution is 5.64. The van der Waals surface area contributed by atoms with E-state index < -0.39 is 19.0 Å². The zero-order valence-corrected chi connectivity index (χ0v) is 18.2. The van der Waals surface area contributed by atoms with Crippen molar-refractivity contribution in [3.8, 4) is 17.0 Å². The molecule has 1 saturated carbocycles. The van der Waals surface area contributed by atoms with E-state index in [9.17, 15) is 17.6 Å². The number of anilines is 1. The Hall–Kier alpha value is -2.36. The molecule has 176 valence electrons. The summed E-state index contributed by atoms with van der Waals surface area (Å²) in [5, 5.41) is 4.70. The number of pyridine rings is 1. The maximum Gasteiger partial charge on any atom is 0.387 e. The Balaban J connectivity index is 1.52. The van der Waals surface area contributed by atoms with Gasteiger partial charge >= 0.3 is 6.61 Å². The Kier molecular flexibility index (Phi) is 6.60. The van der Waals surface area contributed by atoms with E-state index in [4.69, 9.17) is 10.8 Å². The van der Waals surface area contributed by atoms with Crippen LogP contribution >= 0.6 is 0 Å². The summed E-state index contributed by atoms with van der Waals surface area (Å²) in [5.41, 5.74) is 7.88. The maximum absolute atomic E-state index is 13.6. The van der Waals surface area contributed by atoms with Crippen molar-refractivity contribution in [2.24, 2.45) is 0 Å². The fourth-order valence-corrected chi connectivity index (χ4v) is 4.84. The van der Waals surface area contributed by atoms with E-state index in [1.54, 1.807) is 0 Å². The van der Waals surface area contributed by atoms with Crippen molar-refractivity contribution in [3.63, 3.8) is 0 Å². The summed E-state index contributed by atoms with van der Waals surface area (Å²) in [6, 6.07) is 3.70. The highest BCUT2D eigenvalue weighted by Gasteiger charge is 2.38. The number of aromatic nitrogens is 3. The van der Waals surface area contributed by atoms with Crippen molar-refractivity contribution >= 4 is 5.82 Å². The van der Waals surface area contributed by atoms with E-state index in [0.717, 1.165) is 31.4 Å². The van der Waals surface area contributed by atoms with Crippen LogP contribution in [0.3, 0.4) is 0 Å². The molecule has 0 radical (unpaired) electrons. The number of nitrogens with two attached hydrogens (primary N) is 1. The van der Waals surface area contributed by atoms with Gasteiger partial charge in [-0.3, -0.25) is 9.58 Å². The number of ether oxygens (including phenoxy) is 1. The van der Waals surface area contributed by atoms with E-state index >= 15 is 0 Å². The zero-order chi connectivity index (χ0) is 23.0. The Labute approximate surface area is 184 Å². The summed E-state index contributed by atoms with van der Waals surface area (Å²) in [7, 11) is 0. The van der Waals surface area contributed by atoms with Crippen LogP contribution in [0.2, 0.25) is 0 Å². The largest absolute Gasteiger partial charge is 0.431 e. The summed E-state index contributed by atoms with van der Waals surface area (Å²) in [4.78, 5) is 5.92. The molecule has 0 unspecified atom stereocenters. The predicted molar refractivity (Wildman–Crippen MR) is 113 cm³/mol. The zero-order valence-electron chi connectivity index (χ0n) is 18.2. The molecule has 6 nitrogen and oxygen atoms in total. The average molecular weight is 456 g/mol. The van der Waals surface area contributed by atoms with Crippen molar-refractivity contribution < 1.29 is 22.3 Å². The van der Waals surface area contributed by atoms with Gasteiger partial charge in [0.2, 0.25) is 0 Å². The number of nitrogens with zero attached hydrogens (tertiary/aromatic N) is 4. The lowest BCUT2D eigenvalue weighted by molar-refractivity contribution is -0.0494. The Bertz CT molecular complexity index is 919. The molecule has 1 saturated heterocycles. The second-order valence-corrected chi connectivity index (χ2v) is 8.97. The van der Waals surface area contributed by atoms with Crippen LogP contribution in [-0.4, -0.2) is 57.8 Å². The first kappa shape index (κ1) is 22.8. The van der Waals surface area contributed by atoms with Gasteiger partial charge in [0, 0.05) is 48.5 Å². The topological polar surface area (TPSA) is 69.2 Å². The minimum atomic E-state index is -3.00. The molecule has 2 aromatic rings. The third-order valence-corrected chi connectivity index (χ3v) is 6.49. The van der Waals surface area contributed by atoms with Gasteiger partial charge in [0.1, 0.15) is 12.3 Å². The molecule has 10 heteroatoms. The smallest absolute Gasteiger partial charge is 0.387 e. The first-order chi connectivity index (χ1) is 15.2. The van der Waals surface area contributed by atoms with Gasteiger partial charge in [-0.25, -0.2) is 13.8 Å². The molecule has 2 aliphatic rings. The van der Waals surface area contributed by atoms with Crippen LogP contribution in [-0.2, 0) is 0 Å². The summed E-state index contributed by atoms with van der Waals surface area (Å²) in [6.07, 6.45) is 2.27. The lowest BCUT2D eigenvalue weighted by atomic mass is 9.83. The Morgan fingerprint density at radius 2 is 1.72 bits per heavy atom. The number of rotatable bonds is 6. The highest BCUT2D eigenvalue weighted by Crippen LogP contribution is 2.39. The first-order valence-electron chi connectivity index (χ1n) is 11.0. The van der Waals surface area contributed by atoms with Crippen LogP contribution < -0.4 is 10.5 Å². The van der Waals surface area contributed by atoms with Gasteiger partial charge in [0.15, 0.2) is 11.6 Å². The fraction of sp³-hybridized carbons (Fsp3) is 0.636. The van der Waals surface area contributed by atoms with Gasteiger partial charge in [-0.05, 0) is 51.7 Å². The molecule has 0 aromatic carbocycles. The van der Waals surface area contributed by atoms with E-state index in [-0.39, 0.29) is 42.7 Å². The molecule has 2 atom stereocenters. The lowest BCUT2D eigenvalue weighted by Gasteiger charge is -2.34. The molecule has 1 aliphatic carbocycles. The van der Waals surface area contributed by atoms with Crippen LogP contribution in [0, 0.1) is 0 Å². The van der Waals surface area contributed by atoms with Crippen LogP contribution in [0.5, 0.6) is 5.75 Å².